The number of carboxylic acids is 1. The molecule has 4 heteroatoms. The second-order valence-electron chi connectivity index (χ2n) is 6.50. The number of carbonyl (C=O) groups excluding carboxylic acids is 1. The van der Waals surface area contributed by atoms with E-state index in [2.05, 4.69) is 19.1 Å². The molecule has 0 bridgehead atoms. The summed E-state index contributed by atoms with van der Waals surface area (Å²) >= 11 is 0. The molecule has 1 amide bonds. The Morgan fingerprint density at radius 2 is 2.00 bits per heavy atom. The van der Waals surface area contributed by atoms with Gasteiger partial charge in [0, 0.05) is 19.5 Å². The Bertz CT molecular complexity index is 528. The number of hydrogen-bond donors (Lipinski definition) is 1. The molecule has 1 heterocycles. The Morgan fingerprint density at radius 1 is 1.32 bits per heavy atom. The van der Waals surface area contributed by atoms with Crippen LogP contribution in [0.15, 0.2) is 30.3 Å². The van der Waals surface area contributed by atoms with Gasteiger partial charge in [-0.3, -0.25) is 9.59 Å². The molecule has 22 heavy (non-hydrogen) atoms. The number of carbonyl (C=O) groups is 2. The quantitative estimate of drug-likeness (QED) is 0.908. The van der Waals surface area contributed by atoms with Crippen LogP contribution in [0.1, 0.15) is 51.0 Å². The minimum Gasteiger partial charge on any atom is -0.481 e. The third-order valence-electron chi connectivity index (χ3n) is 4.75. The first-order valence-electron chi connectivity index (χ1n) is 8.02. The fraction of sp³-hybridized carbons (Fsp3) is 0.556. The third-order valence-corrected chi connectivity index (χ3v) is 4.75. The molecule has 1 aliphatic heterocycles. The minimum absolute atomic E-state index is 0.0721. The van der Waals surface area contributed by atoms with Gasteiger partial charge in [0.1, 0.15) is 0 Å². The summed E-state index contributed by atoms with van der Waals surface area (Å²) in [6.07, 6.45) is 2.76. The highest BCUT2D eigenvalue weighted by molar-refractivity contribution is 5.80. The Labute approximate surface area is 132 Å². The molecule has 120 valence electrons. The summed E-state index contributed by atoms with van der Waals surface area (Å²) in [6.45, 7) is 4.82. The van der Waals surface area contributed by atoms with Crippen molar-refractivity contribution in [1.29, 1.82) is 0 Å². The number of hydrogen-bond acceptors (Lipinski definition) is 2. The van der Waals surface area contributed by atoms with E-state index in [4.69, 9.17) is 0 Å². The van der Waals surface area contributed by atoms with Crippen LogP contribution < -0.4 is 0 Å². The van der Waals surface area contributed by atoms with Gasteiger partial charge >= 0.3 is 5.97 Å². The Kier molecular flexibility index (Phi) is 5.22. The van der Waals surface area contributed by atoms with Gasteiger partial charge in [-0.1, -0.05) is 37.3 Å². The van der Waals surface area contributed by atoms with E-state index in [-0.39, 0.29) is 11.8 Å². The number of piperidine rings is 1. The molecule has 4 nitrogen and oxygen atoms in total. The topological polar surface area (TPSA) is 57.6 Å². The van der Waals surface area contributed by atoms with Gasteiger partial charge in [-0.25, -0.2) is 0 Å². The molecule has 0 spiro atoms. The number of benzene rings is 1. The predicted octanol–water partition coefficient (Wildman–Crippen LogP) is 3.28. The van der Waals surface area contributed by atoms with E-state index in [0.29, 0.717) is 25.9 Å². The van der Waals surface area contributed by atoms with Gasteiger partial charge < -0.3 is 10.0 Å². The van der Waals surface area contributed by atoms with Crippen molar-refractivity contribution in [1.82, 2.24) is 4.90 Å². The van der Waals surface area contributed by atoms with Gasteiger partial charge in [-0.05, 0) is 37.7 Å². The molecule has 0 radical (unpaired) electrons. The number of aliphatic carboxylic acids is 1. The molecule has 1 aromatic rings. The van der Waals surface area contributed by atoms with E-state index in [0.717, 1.165) is 12.8 Å². The number of likely N-dealkylation sites (tertiary alicyclic amines) is 1. The monoisotopic (exact) mass is 303 g/mol. The van der Waals surface area contributed by atoms with Crippen LogP contribution in [0.5, 0.6) is 0 Å². The fourth-order valence-corrected chi connectivity index (χ4v) is 3.19. The van der Waals surface area contributed by atoms with Gasteiger partial charge in [0.05, 0.1) is 5.41 Å². The average molecular weight is 303 g/mol. The van der Waals surface area contributed by atoms with Crippen molar-refractivity contribution in [3.8, 4) is 0 Å². The summed E-state index contributed by atoms with van der Waals surface area (Å²) in [5, 5.41) is 9.37. The first-order chi connectivity index (χ1) is 10.5. The Balaban J connectivity index is 2.03. The summed E-state index contributed by atoms with van der Waals surface area (Å²) in [5.41, 5.74) is 0.374. The summed E-state index contributed by atoms with van der Waals surface area (Å²) in [6, 6.07) is 10.1. The van der Waals surface area contributed by atoms with Crippen LogP contribution in [0.2, 0.25) is 0 Å². The highest BCUT2D eigenvalue weighted by atomic mass is 16.4. The molecule has 0 aliphatic carbocycles. The van der Waals surface area contributed by atoms with Crippen LogP contribution in [-0.2, 0) is 9.59 Å². The number of nitrogens with zero attached hydrogens (tertiary/aromatic N) is 1. The minimum atomic E-state index is -0.805. The molecule has 0 saturated carbocycles. The van der Waals surface area contributed by atoms with Gasteiger partial charge in [0.15, 0.2) is 0 Å². The standard InChI is InChI=1S/C18H25NO3/c1-3-14(15-8-5-4-6-9-15)12-16(20)19-11-7-10-18(2,13-19)17(21)22/h4-6,8-9,14H,3,7,10-13H2,1-2H3,(H,21,22). The van der Waals surface area contributed by atoms with Crippen molar-refractivity contribution in [2.24, 2.45) is 5.41 Å². The highest BCUT2D eigenvalue weighted by Gasteiger charge is 2.39. The van der Waals surface area contributed by atoms with E-state index in [1.807, 2.05) is 18.2 Å². The normalized spacial score (nSPS) is 23.1. The van der Waals surface area contributed by atoms with E-state index < -0.39 is 11.4 Å². The largest absolute Gasteiger partial charge is 0.481 e. The van der Waals surface area contributed by atoms with Gasteiger partial charge in [0.25, 0.3) is 0 Å². The third kappa shape index (κ3) is 3.67. The lowest BCUT2D eigenvalue weighted by atomic mass is 9.81. The first-order valence-corrected chi connectivity index (χ1v) is 8.02. The second-order valence-corrected chi connectivity index (χ2v) is 6.50. The number of carboxylic acid groups (broad SMARTS) is 1. The van der Waals surface area contributed by atoms with Crippen LogP contribution in [0.3, 0.4) is 0 Å². The molecule has 0 aromatic heterocycles. The van der Waals surface area contributed by atoms with Crippen molar-refractivity contribution in [2.45, 2.75) is 45.4 Å². The van der Waals surface area contributed by atoms with Gasteiger partial charge in [-0.15, -0.1) is 0 Å². The predicted molar refractivity (Wildman–Crippen MR) is 85.6 cm³/mol. The second kappa shape index (κ2) is 6.95. The van der Waals surface area contributed by atoms with E-state index in [9.17, 15) is 14.7 Å². The lowest BCUT2D eigenvalue weighted by molar-refractivity contribution is -0.153. The van der Waals surface area contributed by atoms with Gasteiger partial charge in [0.2, 0.25) is 5.91 Å². The molecule has 1 aliphatic rings. The summed E-state index contributed by atoms with van der Waals surface area (Å²) < 4.78 is 0. The maximum Gasteiger partial charge on any atom is 0.311 e. The zero-order chi connectivity index (χ0) is 16.2. The van der Waals surface area contributed by atoms with Crippen LogP contribution in [0.4, 0.5) is 0 Å². The summed E-state index contributed by atoms with van der Waals surface area (Å²) in [5.74, 6) is -0.533. The molecular formula is C18H25NO3. The average Bonchev–Trinajstić information content (AvgIpc) is 2.53. The molecule has 2 atom stereocenters. The van der Waals surface area contributed by atoms with Crippen LogP contribution in [0, 0.1) is 5.41 Å². The zero-order valence-corrected chi connectivity index (χ0v) is 13.4. The van der Waals surface area contributed by atoms with Crippen LogP contribution in [-0.4, -0.2) is 35.0 Å². The maximum absolute atomic E-state index is 12.6. The Hall–Kier alpha value is -1.84. The van der Waals surface area contributed by atoms with E-state index >= 15 is 0 Å². The van der Waals surface area contributed by atoms with Crippen LogP contribution >= 0.6 is 0 Å². The van der Waals surface area contributed by atoms with Crippen LogP contribution in [0.25, 0.3) is 0 Å². The SMILES string of the molecule is CCC(CC(=O)N1CCCC(C)(C(=O)O)C1)c1ccccc1. The van der Waals surface area contributed by atoms with E-state index in [1.54, 1.807) is 11.8 Å². The van der Waals surface area contributed by atoms with Crippen molar-refractivity contribution < 1.29 is 14.7 Å². The summed E-state index contributed by atoms with van der Waals surface area (Å²) in [4.78, 5) is 25.7. The van der Waals surface area contributed by atoms with Crippen molar-refractivity contribution in [3.05, 3.63) is 35.9 Å². The molecule has 1 N–H and O–H groups in total. The fourth-order valence-electron chi connectivity index (χ4n) is 3.19. The smallest absolute Gasteiger partial charge is 0.311 e. The first kappa shape index (κ1) is 16.5. The maximum atomic E-state index is 12.6. The lowest BCUT2D eigenvalue weighted by Crippen LogP contribution is -2.48. The number of rotatable bonds is 5. The molecule has 1 fully saturated rings. The molecule has 2 rings (SSSR count). The molecule has 1 aromatic carbocycles. The Morgan fingerprint density at radius 3 is 2.59 bits per heavy atom. The van der Waals surface area contributed by atoms with Crippen molar-refractivity contribution in [2.75, 3.05) is 13.1 Å². The van der Waals surface area contributed by atoms with E-state index in [1.165, 1.54) is 5.56 Å². The zero-order valence-electron chi connectivity index (χ0n) is 13.4. The highest BCUT2D eigenvalue weighted by Crippen LogP contribution is 2.31. The van der Waals surface area contributed by atoms with Crippen molar-refractivity contribution >= 4 is 11.9 Å². The summed E-state index contributed by atoms with van der Waals surface area (Å²) in [7, 11) is 0. The lowest BCUT2D eigenvalue weighted by Gasteiger charge is -2.38. The molecule has 1 saturated heterocycles. The molecule has 2 unspecified atom stereocenters. The number of amides is 1. The van der Waals surface area contributed by atoms with Gasteiger partial charge in [-0.2, -0.15) is 0 Å². The van der Waals surface area contributed by atoms with Crippen molar-refractivity contribution in [3.63, 3.8) is 0 Å². The molecular weight excluding hydrogens is 278 g/mol.